The van der Waals surface area contributed by atoms with Crippen LogP contribution >= 0.6 is 0 Å². The van der Waals surface area contributed by atoms with Crippen molar-refractivity contribution in [2.45, 2.75) is 27.7 Å². The molecule has 54 valence electrons. The Morgan fingerprint density at radius 2 is 1.67 bits per heavy atom. The van der Waals surface area contributed by atoms with Gasteiger partial charge < -0.3 is 4.74 Å². The van der Waals surface area contributed by atoms with Gasteiger partial charge in [-0.05, 0) is 5.41 Å². The van der Waals surface area contributed by atoms with Gasteiger partial charge in [0.2, 0.25) is 0 Å². The van der Waals surface area contributed by atoms with Crippen molar-refractivity contribution in [3.05, 3.63) is 0 Å². The van der Waals surface area contributed by atoms with Gasteiger partial charge in [-0.2, -0.15) is 0 Å². The quantitative estimate of drug-likeness (QED) is 0.485. The van der Waals surface area contributed by atoms with Crippen molar-refractivity contribution in [2.24, 2.45) is 10.8 Å². The molecule has 0 aromatic heterocycles. The smallest absolute Gasteiger partial charge is 0.0547 e. The molecule has 0 unspecified atom stereocenters. The largest absolute Gasteiger partial charge is 0.380 e. The van der Waals surface area contributed by atoms with E-state index in [2.05, 4.69) is 27.7 Å². The molecule has 1 heteroatoms. The molecule has 1 nitrogen and oxygen atoms in total. The maximum atomic E-state index is 5.16. The third-order valence-corrected chi connectivity index (χ3v) is 2.65. The van der Waals surface area contributed by atoms with Crippen molar-refractivity contribution < 1.29 is 4.74 Å². The normalized spacial score (nSPS) is 25.3. The van der Waals surface area contributed by atoms with Crippen LogP contribution in [0.1, 0.15) is 27.7 Å². The Morgan fingerprint density at radius 3 is 1.67 bits per heavy atom. The molecule has 0 atom stereocenters. The van der Waals surface area contributed by atoms with Crippen LogP contribution in [0.15, 0.2) is 0 Å². The summed E-state index contributed by atoms with van der Waals surface area (Å²) in [7, 11) is 0. The monoisotopic (exact) mass is 128 g/mol. The minimum absolute atomic E-state index is 0.408. The highest BCUT2D eigenvalue weighted by Crippen LogP contribution is 2.43. The van der Waals surface area contributed by atoms with Crippen molar-refractivity contribution >= 4 is 0 Å². The fraction of sp³-hybridized carbons (Fsp3) is 1.00. The first kappa shape index (κ1) is 7.07. The van der Waals surface area contributed by atoms with E-state index in [-0.39, 0.29) is 0 Å². The molecule has 0 N–H and O–H groups in total. The number of hydrogen-bond acceptors (Lipinski definition) is 1. The van der Waals surface area contributed by atoms with Crippen LogP contribution in [-0.4, -0.2) is 13.2 Å². The van der Waals surface area contributed by atoms with E-state index in [0.717, 1.165) is 13.2 Å². The SMILES string of the molecule is CC(C)(C)C1(C)COC1. The molecule has 0 aromatic rings. The second kappa shape index (κ2) is 1.72. The van der Waals surface area contributed by atoms with E-state index in [1.54, 1.807) is 0 Å². The van der Waals surface area contributed by atoms with Gasteiger partial charge in [0, 0.05) is 5.41 Å². The van der Waals surface area contributed by atoms with Gasteiger partial charge >= 0.3 is 0 Å². The average Bonchev–Trinajstić information content (AvgIpc) is 1.57. The Labute approximate surface area is 57.4 Å². The summed E-state index contributed by atoms with van der Waals surface area (Å²) in [4.78, 5) is 0. The number of hydrogen-bond donors (Lipinski definition) is 0. The van der Waals surface area contributed by atoms with Crippen molar-refractivity contribution in [1.29, 1.82) is 0 Å². The van der Waals surface area contributed by atoms with Crippen LogP contribution in [0.5, 0.6) is 0 Å². The van der Waals surface area contributed by atoms with Crippen LogP contribution in [0.3, 0.4) is 0 Å². The maximum Gasteiger partial charge on any atom is 0.0547 e. The van der Waals surface area contributed by atoms with Crippen LogP contribution in [0.2, 0.25) is 0 Å². The standard InChI is InChI=1S/C8H16O/c1-7(2,3)8(4)5-9-6-8/h5-6H2,1-4H3. The van der Waals surface area contributed by atoms with Gasteiger partial charge in [-0.25, -0.2) is 0 Å². The molecule has 0 aromatic carbocycles. The van der Waals surface area contributed by atoms with E-state index in [0.29, 0.717) is 10.8 Å². The second-order valence-corrected chi connectivity index (χ2v) is 4.30. The first-order valence-electron chi connectivity index (χ1n) is 3.53. The highest BCUT2D eigenvalue weighted by molar-refractivity contribution is 4.91. The summed E-state index contributed by atoms with van der Waals surface area (Å²) in [5.41, 5.74) is 0.845. The Hall–Kier alpha value is -0.0400. The zero-order valence-corrected chi connectivity index (χ0v) is 6.82. The van der Waals surface area contributed by atoms with Gasteiger partial charge in [-0.1, -0.05) is 27.7 Å². The molecule has 1 rings (SSSR count). The fourth-order valence-electron chi connectivity index (χ4n) is 0.841. The third kappa shape index (κ3) is 0.983. The zero-order valence-electron chi connectivity index (χ0n) is 6.82. The van der Waals surface area contributed by atoms with E-state index in [1.165, 1.54) is 0 Å². The van der Waals surface area contributed by atoms with Crippen LogP contribution in [0.25, 0.3) is 0 Å². The van der Waals surface area contributed by atoms with Crippen molar-refractivity contribution in [2.75, 3.05) is 13.2 Å². The van der Waals surface area contributed by atoms with Crippen LogP contribution in [0, 0.1) is 10.8 Å². The Kier molecular flexibility index (Phi) is 1.35. The lowest BCUT2D eigenvalue weighted by atomic mass is 9.67. The topological polar surface area (TPSA) is 9.23 Å². The lowest BCUT2D eigenvalue weighted by Crippen LogP contribution is -2.49. The summed E-state index contributed by atoms with van der Waals surface area (Å²) in [5.74, 6) is 0. The first-order chi connectivity index (χ1) is 3.96. The molecule has 1 saturated heterocycles. The summed E-state index contributed by atoms with van der Waals surface area (Å²) in [6.07, 6.45) is 0. The molecule has 9 heavy (non-hydrogen) atoms. The molecule has 0 spiro atoms. The van der Waals surface area contributed by atoms with Gasteiger partial charge in [-0.15, -0.1) is 0 Å². The van der Waals surface area contributed by atoms with Crippen LogP contribution in [0.4, 0.5) is 0 Å². The lowest BCUT2D eigenvalue weighted by Gasteiger charge is -2.48. The molecule has 1 fully saturated rings. The van der Waals surface area contributed by atoms with E-state index in [1.807, 2.05) is 0 Å². The van der Waals surface area contributed by atoms with Crippen molar-refractivity contribution in [3.63, 3.8) is 0 Å². The van der Waals surface area contributed by atoms with Crippen LogP contribution < -0.4 is 0 Å². The molecular weight excluding hydrogens is 112 g/mol. The van der Waals surface area contributed by atoms with Gasteiger partial charge in [0.15, 0.2) is 0 Å². The van der Waals surface area contributed by atoms with E-state index >= 15 is 0 Å². The Morgan fingerprint density at radius 1 is 1.22 bits per heavy atom. The van der Waals surface area contributed by atoms with E-state index in [4.69, 9.17) is 4.74 Å². The maximum absolute atomic E-state index is 5.16. The summed E-state index contributed by atoms with van der Waals surface area (Å²) in [5, 5.41) is 0. The van der Waals surface area contributed by atoms with Crippen molar-refractivity contribution in [1.82, 2.24) is 0 Å². The molecule has 0 aliphatic carbocycles. The molecule has 0 bridgehead atoms. The highest BCUT2D eigenvalue weighted by atomic mass is 16.5. The fourth-order valence-corrected chi connectivity index (χ4v) is 0.841. The predicted octanol–water partition coefficient (Wildman–Crippen LogP) is 2.07. The summed E-state index contributed by atoms with van der Waals surface area (Å²) in [6, 6.07) is 0. The Balaban J connectivity index is 2.59. The van der Waals surface area contributed by atoms with Gasteiger partial charge in [-0.3, -0.25) is 0 Å². The molecule has 1 aliphatic rings. The summed E-state index contributed by atoms with van der Waals surface area (Å²) < 4.78 is 5.16. The van der Waals surface area contributed by atoms with Crippen LogP contribution in [-0.2, 0) is 4.74 Å². The van der Waals surface area contributed by atoms with E-state index in [9.17, 15) is 0 Å². The van der Waals surface area contributed by atoms with Gasteiger partial charge in [0.25, 0.3) is 0 Å². The first-order valence-corrected chi connectivity index (χ1v) is 3.53. The molecule has 1 heterocycles. The molecular formula is C8H16O. The minimum Gasteiger partial charge on any atom is -0.380 e. The number of ether oxygens (including phenoxy) is 1. The highest BCUT2D eigenvalue weighted by Gasteiger charge is 2.43. The molecule has 0 radical (unpaired) electrons. The lowest BCUT2D eigenvalue weighted by molar-refractivity contribution is -0.158. The Bertz CT molecular complexity index is 106. The summed E-state index contributed by atoms with van der Waals surface area (Å²) in [6.45, 7) is 11.0. The average molecular weight is 128 g/mol. The molecule has 0 saturated carbocycles. The third-order valence-electron chi connectivity index (χ3n) is 2.65. The van der Waals surface area contributed by atoms with E-state index < -0.39 is 0 Å². The number of rotatable bonds is 0. The molecule has 1 aliphatic heterocycles. The minimum atomic E-state index is 0.408. The van der Waals surface area contributed by atoms with Gasteiger partial charge in [0.05, 0.1) is 13.2 Å². The summed E-state index contributed by atoms with van der Waals surface area (Å²) >= 11 is 0. The van der Waals surface area contributed by atoms with Gasteiger partial charge in [0.1, 0.15) is 0 Å². The second-order valence-electron chi connectivity index (χ2n) is 4.30. The zero-order chi connectivity index (χ0) is 7.12. The van der Waals surface area contributed by atoms with Crippen molar-refractivity contribution in [3.8, 4) is 0 Å². The predicted molar refractivity (Wildman–Crippen MR) is 38.4 cm³/mol. The molecule has 0 amide bonds.